The van der Waals surface area contributed by atoms with Gasteiger partial charge in [-0.05, 0) is 59.3 Å². The van der Waals surface area contributed by atoms with Crippen LogP contribution in [0.3, 0.4) is 0 Å². The number of aliphatic hydroxyl groups excluding tert-OH is 2. The van der Waals surface area contributed by atoms with E-state index in [0.717, 1.165) is 0 Å². The van der Waals surface area contributed by atoms with Gasteiger partial charge >= 0.3 is 5.97 Å². The summed E-state index contributed by atoms with van der Waals surface area (Å²) in [7, 11) is 1.51. The molecule has 0 spiro atoms. The fraction of sp³-hybridized carbons (Fsp3) is 0.939. The first-order valence-electron chi connectivity index (χ1n) is 16.4. The molecule has 0 bridgehead atoms. The van der Waals surface area contributed by atoms with Crippen LogP contribution >= 0.6 is 0 Å². The summed E-state index contributed by atoms with van der Waals surface area (Å²) >= 11 is 0. The number of esters is 1. The molecule has 4 N–H and O–H groups in total. The molecule has 2 heterocycles. The van der Waals surface area contributed by atoms with Crippen molar-refractivity contribution >= 4 is 11.7 Å². The second-order valence-electron chi connectivity index (χ2n) is 14.1. The van der Waals surface area contributed by atoms with Crippen molar-refractivity contribution in [3.05, 3.63) is 0 Å². The van der Waals surface area contributed by atoms with Crippen LogP contribution in [0.2, 0.25) is 0 Å². The average molecular weight is 650 g/mol. The summed E-state index contributed by atoms with van der Waals surface area (Å²) in [6.07, 6.45) is -4.90. The Bertz CT molecular complexity index is 979. The molecule has 264 valence electrons. The van der Waals surface area contributed by atoms with Crippen molar-refractivity contribution in [1.29, 1.82) is 0 Å². The predicted octanol–water partition coefficient (Wildman–Crippen LogP) is 3.77. The lowest BCUT2D eigenvalue weighted by molar-refractivity contribution is -0.298. The van der Waals surface area contributed by atoms with E-state index in [2.05, 4.69) is 5.16 Å². The van der Waals surface area contributed by atoms with Crippen LogP contribution in [0.1, 0.15) is 94.9 Å². The lowest BCUT2D eigenvalue weighted by Crippen LogP contribution is -2.58. The highest BCUT2D eigenvalue weighted by Gasteiger charge is 2.50. The lowest BCUT2D eigenvalue weighted by atomic mass is 9.70. The normalized spacial score (nSPS) is 46.8. The summed E-state index contributed by atoms with van der Waals surface area (Å²) in [6, 6.07) is 0. The zero-order valence-electron chi connectivity index (χ0n) is 29.2. The first kappa shape index (κ1) is 39.8. The SMILES string of the molecule is CC[C@H]1OC(=O)[C@H](C)[C@@H](O[C@H]2C[C@@](C)(OC)[C@@H](O)[C@H](C)O2)[C@H](C)[C@@H](C)[C@](C)(O)C[C@@H](C)C(=NOCCCF)[C@H](C)[C@H](O)[C@]1(C)O. The number of hydrogen-bond acceptors (Lipinski definition) is 11. The lowest BCUT2D eigenvalue weighted by Gasteiger charge is -2.47. The van der Waals surface area contributed by atoms with Gasteiger partial charge in [0, 0.05) is 31.8 Å². The van der Waals surface area contributed by atoms with Crippen molar-refractivity contribution in [3.63, 3.8) is 0 Å². The van der Waals surface area contributed by atoms with E-state index >= 15 is 0 Å². The van der Waals surface area contributed by atoms with Gasteiger partial charge in [0.05, 0.1) is 47.8 Å². The Morgan fingerprint density at radius 3 is 2.18 bits per heavy atom. The second kappa shape index (κ2) is 16.1. The van der Waals surface area contributed by atoms with E-state index in [-0.39, 0.29) is 32.3 Å². The molecule has 14 atom stereocenters. The summed E-state index contributed by atoms with van der Waals surface area (Å²) in [5.41, 5.74) is -3.76. The number of rotatable bonds is 8. The van der Waals surface area contributed by atoms with E-state index in [9.17, 15) is 29.6 Å². The molecule has 0 saturated carbocycles. The number of oxime groups is 1. The highest BCUT2D eigenvalue weighted by atomic mass is 19.1. The van der Waals surface area contributed by atoms with Gasteiger partial charge in [-0.3, -0.25) is 9.18 Å². The largest absolute Gasteiger partial charge is 0.459 e. The standard InChI is InChI=1S/C33H60FNO10/c1-12-24-33(10,40)28(36)20(4)26(35-42-15-13-14-34)18(2)16-31(8,39)22(6)19(3)27(21(5)30(38)44-24)45-25-17-32(9,41-11)29(37)23(7)43-25/h18-25,27-29,36-37,39-40H,12-17H2,1-11H3/t18-,19-,20+,21-,22-,23+,24-,25+,27+,28+,29+,31-,32-,33-/m1/s1. The molecule has 2 rings (SSSR count). The molecule has 2 aliphatic heterocycles. The molecule has 11 nitrogen and oxygen atoms in total. The molecule has 0 aromatic rings. The maximum atomic E-state index is 13.8. The maximum Gasteiger partial charge on any atom is 0.311 e. The van der Waals surface area contributed by atoms with Crippen molar-refractivity contribution in [1.82, 2.24) is 0 Å². The van der Waals surface area contributed by atoms with E-state index in [1.807, 2.05) is 20.8 Å². The van der Waals surface area contributed by atoms with Crippen molar-refractivity contribution in [3.8, 4) is 0 Å². The molecule has 0 aromatic carbocycles. The van der Waals surface area contributed by atoms with Crippen LogP contribution in [0.4, 0.5) is 4.39 Å². The van der Waals surface area contributed by atoms with Crippen molar-refractivity contribution < 1.29 is 53.4 Å². The van der Waals surface area contributed by atoms with Gasteiger partial charge in [0.15, 0.2) is 6.29 Å². The number of halogens is 1. The monoisotopic (exact) mass is 649 g/mol. The third-order valence-electron chi connectivity index (χ3n) is 10.5. The van der Waals surface area contributed by atoms with Gasteiger partial charge in [-0.2, -0.15) is 0 Å². The van der Waals surface area contributed by atoms with Crippen LogP contribution in [0.5, 0.6) is 0 Å². The summed E-state index contributed by atoms with van der Waals surface area (Å²) in [5.74, 6) is -3.53. The summed E-state index contributed by atoms with van der Waals surface area (Å²) in [4.78, 5) is 19.2. The van der Waals surface area contributed by atoms with Crippen LogP contribution in [0.15, 0.2) is 5.16 Å². The van der Waals surface area contributed by atoms with Gasteiger partial charge in [0.25, 0.3) is 0 Å². The Kier molecular flexibility index (Phi) is 14.3. The average Bonchev–Trinajstić information content (AvgIpc) is 2.98. The van der Waals surface area contributed by atoms with Crippen molar-refractivity contribution in [2.45, 2.75) is 149 Å². The Morgan fingerprint density at radius 1 is 1.00 bits per heavy atom. The Balaban J connectivity index is 2.60. The van der Waals surface area contributed by atoms with Crippen LogP contribution < -0.4 is 0 Å². The number of aliphatic hydroxyl groups is 4. The van der Waals surface area contributed by atoms with Gasteiger partial charge in [0.2, 0.25) is 0 Å². The van der Waals surface area contributed by atoms with E-state index in [1.54, 1.807) is 41.5 Å². The fourth-order valence-corrected chi connectivity index (χ4v) is 6.95. The molecular weight excluding hydrogens is 589 g/mol. The molecule has 0 unspecified atom stereocenters. The van der Waals surface area contributed by atoms with E-state index < -0.39 is 95.8 Å². The second-order valence-corrected chi connectivity index (χ2v) is 14.1. The van der Waals surface area contributed by atoms with Gasteiger partial charge in [-0.25, -0.2) is 0 Å². The minimum atomic E-state index is -1.89. The van der Waals surface area contributed by atoms with Crippen LogP contribution in [0.25, 0.3) is 0 Å². The summed E-state index contributed by atoms with van der Waals surface area (Å²) < 4.78 is 36.9. The quantitative estimate of drug-likeness (QED) is 0.173. The third kappa shape index (κ3) is 9.15. The summed E-state index contributed by atoms with van der Waals surface area (Å²) in [5, 5.41) is 50.1. The van der Waals surface area contributed by atoms with Gasteiger partial charge in [0.1, 0.15) is 24.4 Å². The molecule has 2 saturated heterocycles. The Hall–Kier alpha value is -1.41. The van der Waals surface area contributed by atoms with Crippen LogP contribution in [-0.2, 0) is 28.6 Å². The first-order chi connectivity index (χ1) is 20.8. The van der Waals surface area contributed by atoms with Gasteiger partial charge < -0.3 is 44.2 Å². The Labute approximate surface area is 268 Å². The molecule has 2 fully saturated rings. The summed E-state index contributed by atoms with van der Waals surface area (Å²) in [6.45, 7) is 16.8. The third-order valence-corrected chi connectivity index (χ3v) is 10.5. The molecule has 0 radical (unpaired) electrons. The molecule has 0 aliphatic carbocycles. The minimum Gasteiger partial charge on any atom is -0.459 e. The number of carbonyl (C=O) groups is 1. The Morgan fingerprint density at radius 2 is 1.62 bits per heavy atom. The number of ether oxygens (including phenoxy) is 4. The van der Waals surface area contributed by atoms with E-state index in [0.29, 0.717) is 5.71 Å². The van der Waals surface area contributed by atoms with E-state index in [1.165, 1.54) is 14.0 Å². The maximum absolute atomic E-state index is 13.8. The molecule has 45 heavy (non-hydrogen) atoms. The predicted molar refractivity (Wildman–Crippen MR) is 167 cm³/mol. The number of nitrogens with zero attached hydrogens (tertiary/aromatic N) is 1. The zero-order valence-corrected chi connectivity index (χ0v) is 29.2. The number of cyclic esters (lactones) is 1. The first-order valence-corrected chi connectivity index (χ1v) is 16.4. The molecule has 0 amide bonds. The smallest absolute Gasteiger partial charge is 0.311 e. The van der Waals surface area contributed by atoms with Gasteiger partial charge in [-0.15, -0.1) is 0 Å². The molecule has 12 heteroatoms. The van der Waals surface area contributed by atoms with Gasteiger partial charge in [-0.1, -0.05) is 39.8 Å². The van der Waals surface area contributed by atoms with Crippen LogP contribution in [0, 0.1) is 29.6 Å². The van der Waals surface area contributed by atoms with Crippen molar-refractivity contribution in [2.24, 2.45) is 34.7 Å². The number of hydrogen-bond donors (Lipinski definition) is 4. The zero-order chi connectivity index (χ0) is 34.5. The fourth-order valence-electron chi connectivity index (χ4n) is 6.95. The molecular formula is C33H60FNO10. The van der Waals surface area contributed by atoms with Crippen LogP contribution in [-0.4, -0.2) is 106 Å². The number of carbonyl (C=O) groups excluding carboxylic acids is 1. The topological polar surface area (TPSA) is 156 Å². The molecule has 2 aliphatic rings. The number of alkyl halides is 1. The minimum absolute atomic E-state index is 0.0306. The van der Waals surface area contributed by atoms with Crippen molar-refractivity contribution in [2.75, 3.05) is 20.4 Å². The number of methoxy groups -OCH3 is 1. The highest BCUT2D eigenvalue weighted by molar-refractivity contribution is 5.88. The molecule has 0 aromatic heterocycles. The van der Waals surface area contributed by atoms with E-state index in [4.69, 9.17) is 23.8 Å². The highest BCUT2D eigenvalue weighted by Crippen LogP contribution is 2.40.